The molecule has 0 aromatic carbocycles. The van der Waals surface area contributed by atoms with Crippen molar-refractivity contribution in [2.24, 2.45) is 0 Å². The Morgan fingerprint density at radius 2 is 2.12 bits per heavy atom. The molecule has 0 aliphatic heterocycles. The molecule has 1 heterocycles. The predicted molar refractivity (Wildman–Crippen MR) is 67.0 cm³/mol. The van der Waals surface area contributed by atoms with Gasteiger partial charge in [0.25, 0.3) is 0 Å². The van der Waals surface area contributed by atoms with Crippen molar-refractivity contribution < 1.29 is 9.84 Å². The Morgan fingerprint density at radius 1 is 1.44 bits per heavy atom. The fraction of sp³-hybridized carbons (Fsp3) is 0.692. The number of thiophene rings is 1. The first-order chi connectivity index (χ1) is 7.70. The van der Waals surface area contributed by atoms with Crippen molar-refractivity contribution in [2.45, 2.75) is 50.7 Å². The summed E-state index contributed by atoms with van der Waals surface area (Å²) in [6.45, 7) is 2.16. The van der Waals surface area contributed by atoms with Gasteiger partial charge in [-0.1, -0.05) is 6.92 Å². The SMILES string of the molecule is CCc1ccc(CC(O)C2(OC)CCC2)s1. The van der Waals surface area contributed by atoms with E-state index in [0.29, 0.717) is 0 Å². The largest absolute Gasteiger partial charge is 0.390 e. The van der Waals surface area contributed by atoms with Gasteiger partial charge in [0.15, 0.2) is 0 Å². The third-order valence-corrected chi connectivity index (χ3v) is 4.93. The van der Waals surface area contributed by atoms with Crippen LogP contribution in [-0.4, -0.2) is 23.9 Å². The van der Waals surface area contributed by atoms with E-state index in [0.717, 1.165) is 25.7 Å². The van der Waals surface area contributed by atoms with Crippen LogP contribution in [0.3, 0.4) is 0 Å². The third-order valence-electron chi connectivity index (χ3n) is 3.67. The van der Waals surface area contributed by atoms with Crippen molar-refractivity contribution in [3.05, 3.63) is 21.9 Å². The van der Waals surface area contributed by atoms with Crippen LogP contribution in [0, 0.1) is 0 Å². The van der Waals surface area contributed by atoms with Crippen LogP contribution in [-0.2, 0) is 17.6 Å². The molecular formula is C13H20O2S. The van der Waals surface area contributed by atoms with Gasteiger partial charge in [0.05, 0.1) is 11.7 Å². The van der Waals surface area contributed by atoms with Gasteiger partial charge in [-0.25, -0.2) is 0 Å². The Hall–Kier alpha value is -0.380. The number of rotatable bonds is 5. The minimum Gasteiger partial charge on any atom is -0.390 e. The first-order valence-electron chi connectivity index (χ1n) is 6.01. The number of aliphatic hydroxyl groups is 1. The van der Waals surface area contributed by atoms with Crippen molar-refractivity contribution in [3.8, 4) is 0 Å². The molecule has 1 saturated carbocycles. The summed E-state index contributed by atoms with van der Waals surface area (Å²) >= 11 is 1.81. The smallest absolute Gasteiger partial charge is 0.0940 e. The maximum absolute atomic E-state index is 10.2. The quantitative estimate of drug-likeness (QED) is 0.857. The minimum atomic E-state index is -0.352. The number of ether oxygens (including phenoxy) is 1. The molecule has 1 atom stereocenters. The number of aryl methyl sites for hydroxylation is 1. The molecular weight excluding hydrogens is 220 g/mol. The van der Waals surface area contributed by atoms with Crippen LogP contribution >= 0.6 is 11.3 Å². The molecule has 3 heteroatoms. The van der Waals surface area contributed by atoms with Crippen molar-refractivity contribution in [1.82, 2.24) is 0 Å². The highest BCUT2D eigenvalue weighted by Gasteiger charge is 2.43. The average molecular weight is 240 g/mol. The van der Waals surface area contributed by atoms with Gasteiger partial charge in [0, 0.05) is 23.3 Å². The summed E-state index contributed by atoms with van der Waals surface area (Å²) in [5.41, 5.74) is -0.254. The first kappa shape index (κ1) is 12.1. The topological polar surface area (TPSA) is 29.5 Å². The number of hydrogen-bond acceptors (Lipinski definition) is 3. The minimum absolute atomic E-state index is 0.254. The van der Waals surface area contributed by atoms with Crippen LogP contribution in [0.5, 0.6) is 0 Å². The molecule has 0 radical (unpaired) electrons. The van der Waals surface area contributed by atoms with E-state index in [-0.39, 0.29) is 11.7 Å². The standard InChI is InChI=1S/C13H20O2S/c1-3-10-5-6-11(16-10)9-12(14)13(15-2)7-4-8-13/h5-6,12,14H,3-4,7-9H2,1-2H3. The monoisotopic (exact) mass is 240 g/mol. The van der Waals surface area contributed by atoms with E-state index in [9.17, 15) is 5.11 Å². The number of aliphatic hydroxyl groups excluding tert-OH is 1. The Bertz CT molecular complexity index is 336. The second-order valence-corrected chi connectivity index (χ2v) is 5.82. The highest BCUT2D eigenvalue weighted by molar-refractivity contribution is 7.11. The molecule has 2 nitrogen and oxygen atoms in total. The van der Waals surface area contributed by atoms with Gasteiger partial charge in [-0.2, -0.15) is 0 Å². The maximum Gasteiger partial charge on any atom is 0.0940 e. The molecule has 0 spiro atoms. The number of methoxy groups -OCH3 is 1. The Labute approximate surface area is 101 Å². The second kappa shape index (κ2) is 4.86. The lowest BCUT2D eigenvalue weighted by Gasteiger charge is -2.44. The van der Waals surface area contributed by atoms with Gasteiger partial charge in [-0.05, 0) is 37.8 Å². The molecule has 1 aromatic rings. The molecule has 16 heavy (non-hydrogen) atoms. The predicted octanol–water partition coefficient (Wildman–Crippen LogP) is 2.78. The molecule has 2 rings (SSSR count). The molecule has 90 valence electrons. The molecule has 1 fully saturated rings. The lowest BCUT2D eigenvalue weighted by molar-refractivity contribution is -0.148. The van der Waals surface area contributed by atoms with Crippen molar-refractivity contribution >= 4 is 11.3 Å². The van der Waals surface area contributed by atoms with E-state index in [1.165, 1.54) is 16.2 Å². The lowest BCUT2D eigenvalue weighted by Crippen LogP contribution is -2.50. The van der Waals surface area contributed by atoms with E-state index in [1.807, 2.05) is 0 Å². The van der Waals surface area contributed by atoms with Gasteiger partial charge in [0.2, 0.25) is 0 Å². The lowest BCUT2D eigenvalue weighted by atomic mass is 9.74. The number of hydrogen-bond donors (Lipinski definition) is 1. The summed E-state index contributed by atoms with van der Waals surface area (Å²) < 4.78 is 5.50. The van der Waals surface area contributed by atoms with Crippen LogP contribution < -0.4 is 0 Å². The van der Waals surface area contributed by atoms with E-state index in [4.69, 9.17) is 4.74 Å². The maximum atomic E-state index is 10.2. The first-order valence-corrected chi connectivity index (χ1v) is 6.82. The summed E-state index contributed by atoms with van der Waals surface area (Å²) in [6.07, 6.45) is 4.63. The van der Waals surface area contributed by atoms with Gasteiger partial charge in [-0.3, -0.25) is 0 Å². The molecule has 0 amide bonds. The van der Waals surface area contributed by atoms with Crippen LogP contribution in [0.2, 0.25) is 0 Å². The summed E-state index contributed by atoms with van der Waals surface area (Å²) in [5.74, 6) is 0. The highest BCUT2D eigenvalue weighted by Crippen LogP contribution is 2.39. The van der Waals surface area contributed by atoms with E-state index < -0.39 is 0 Å². The van der Waals surface area contributed by atoms with Crippen LogP contribution in [0.25, 0.3) is 0 Å². The van der Waals surface area contributed by atoms with Gasteiger partial charge in [0.1, 0.15) is 0 Å². The fourth-order valence-electron chi connectivity index (χ4n) is 2.30. The summed E-state index contributed by atoms with van der Waals surface area (Å²) in [7, 11) is 1.72. The van der Waals surface area contributed by atoms with Crippen LogP contribution in [0.15, 0.2) is 12.1 Å². The zero-order chi connectivity index (χ0) is 11.6. The zero-order valence-corrected chi connectivity index (χ0v) is 10.8. The molecule has 1 N–H and O–H groups in total. The van der Waals surface area contributed by atoms with Crippen molar-refractivity contribution in [2.75, 3.05) is 7.11 Å². The molecule has 0 bridgehead atoms. The molecule has 1 aromatic heterocycles. The van der Waals surface area contributed by atoms with Crippen LogP contribution in [0.4, 0.5) is 0 Å². The van der Waals surface area contributed by atoms with E-state index in [1.54, 1.807) is 18.4 Å². The van der Waals surface area contributed by atoms with Gasteiger partial charge < -0.3 is 9.84 Å². The van der Waals surface area contributed by atoms with E-state index in [2.05, 4.69) is 19.1 Å². The molecule has 1 unspecified atom stereocenters. The Balaban J connectivity index is 1.98. The average Bonchev–Trinajstić information content (AvgIpc) is 2.64. The molecule has 1 aliphatic rings. The highest BCUT2D eigenvalue weighted by atomic mass is 32.1. The van der Waals surface area contributed by atoms with Crippen LogP contribution in [0.1, 0.15) is 35.9 Å². The Morgan fingerprint density at radius 3 is 2.56 bits per heavy atom. The van der Waals surface area contributed by atoms with Crippen molar-refractivity contribution in [1.29, 1.82) is 0 Å². The summed E-state index contributed by atoms with van der Waals surface area (Å²) in [4.78, 5) is 2.66. The second-order valence-electron chi connectivity index (χ2n) is 4.56. The van der Waals surface area contributed by atoms with E-state index >= 15 is 0 Å². The van der Waals surface area contributed by atoms with Gasteiger partial charge in [-0.15, -0.1) is 11.3 Å². The summed E-state index contributed by atoms with van der Waals surface area (Å²) in [5, 5.41) is 10.2. The fourth-order valence-corrected chi connectivity index (χ4v) is 3.29. The molecule has 0 saturated heterocycles. The third kappa shape index (κ3) is 2.17. The normalized spacial score (nSPS) is 20.4. The molecule has 1 aliphatic carbocycles. The zero-order valence-electron chi connectivity index (χ0n) is 10.0. The Kier molecular flexibility index (Phi) is 3.67. The summed E-state index contributed by atoms with van der Waals surface area (Å²) in [6, 6.07) is 4.29. The van der Waals surface area contributed by atoms with Crippen molar-refractivity contribution in [3.63, 3.8) is 0 Å². The van der Waals surface area contributed by atoms with Gasteiger partial charge >= 0.3 is 0 Å².